The molecule has 5 heteroatoms. The lowest BCUT2D eigenvalue weighted by molar-refractivity contribution is -0.125. The SMILES string of the molecule is CN(C(=O)CC(=O)Nc1ccc(Br)cc1)c1ccccc1. The number of anilines is 2. The molecule has 1 N–H and O–H groups in total. The van der Waals surface area contributed by atoms with Gasteiger partial charge >= 0.3 is 0 Å². The first-order valence-electron chi connectivity index (χ1n) is 6.43. The molecule has 0 spiro atoms. The molecule has 0 aliphatic rings. The molecule has 0 radical (unpaired) electrons. The molecule has 0 atom stereocenters. The van der Waals surface area contributed by atoms with Gasteiger partial charge in [-0.1, -0.05) is 34.1 Å². The van der Waals surface area contributed by atoms with Crippen LogP contribution in [0.15, 0.2) is 59.1 Å². The maximum Gasteiger partial charge on any atom is 0.236 e. The molecule has 2 aromatic carbocycles. The van der Waals surface area contributed by atoms with E-state index in [0.717, 1.165) is 10.2 Å². The van der Waals surface area contributed by atoms with E-state index in [-0.39, 0.29) is 18.2 Å². The van der Waals surface area contributed by atoms with Crippen LogP contribution < -0.4 is 10.2 Å². The normalized spacial score (nSPS) is 10.0. The van der Waals surface area contributed by atoms with Gasteiger partial charge in [-0.3, -0.25) is 9.59 Å². The van der Waals surface area contributed by atoms with Crippen LogP contribution in [0.25, 0.3) is 0 Å². The molecule has 4 nitrogen and oxygen atoms in total. The van der Waals surface area contributed by atoms with Crippen LogP contribution in [0.4, 0.5) is 11.4 Å². The molecule has 0 bridgehead atoms. The lowest BCUT2D eigenvalue weighted by Gasteiger charge is -2.17. The topological polar surface area (TPSA) is 49.4 Å². The van der Waals surface area contributed by atoms with Crippen molar-refractivity contribution in [3.05, 3.63) is 59.1 Å². The number of benzene rings is 2. The molecule has 21 heavy (non-hydrogen) atoms. The maximum atomic E-state index is 12.1. The molecule has 0 saturated heterocycles. The van der Waals surface area contributed by atoms with Crippen LogP contribution in [0.5, 0.6) is 0 Å². The summed E-state index contributed by atoms with van der Waals surface area (Å²) < 4.78 is 0.931. The minimum absolute atomic E-state index is 0.193. The van der Waals surface area contributed by atoms with Gasteiger partial charge in [-0.15, -0.1) is 0 Å². The van der Waals surface area contributed by atoms with Crippen LogP contribution in [0, 0.1) is 0 Å². The number of carbonyl (C=O) groups is 2. The molecule has 0 aromatic heterocycles. The number of rotatable bonds is 4. The van der Waals surface area contributed by atoms with Crippen molar-refractivity contribution in [1.29, 1.82) is 0 Å². The smallest absolute Gasteiger partial charge is 0.236 e. The van der Waals surface area contributed by atoms with Gasteiger partial charge in [-0.2, -0.15) is 0 Å². The number of carbonyl (C=O) groups excluding carboxylic acids is 2. The van der Waals surface area contributed by atoms with Gasteiger partial charge in [-0.25, -0.2) is 0 Å². The highest BCUT2D eigenvalue weighted by Crippen LogP contribution is 2.15. The number of amides is 2. The van der Waals surface area contributed by atoms with E-state index in [9.17, 15) is 9.59 Å². The summed E-state index contributed by atoms with van der Waals surface area (Å²) in [6.07, 6.45) is -0.193. The first kappa shape index (κ1) is 15.3. The Balaban J connectivity index is 1.93. The van der Waals surface area contributed by atoms with E-state index in [1.54, 1.807) is 19.2 Å². The summed E-state index contributed by atoms with van der Waals surface area (Å²) in [7, 11) is 1.66. The summed E-state index contributed by atoms with van der Waals surface area (Å²) >= 11 is 3.32. The average molecular weight is 347 g/mol. The van der Waals surface area contributed by atoms with E-state index >= 15 is 0 Å². The van der Waals surface area contributed by atoms with E-state index < -0.39 is 0 Å². The number of para-hydroxylation sites is 1. The summed E-state index contributed by atoms with van der Waals surface area (Å²) in [4.78, 5) is 25.4. The van der Waals surface area contributed by atoms with Gasteiger partial charge in [0.05, 0.1) is 0 Å². The molecular formula is C16H15BrN2O2. The second-order valence-corrected chi connectivity index (χ2v) is 5.44. The van der Waals surface area contributed by atoms with Crippen molar-refractivity contribution >= 4 is 39.1 Å². The molecule has 2 amide bonds. The predicted octanol–water partition coefficient (Wildman–Crippen LogP) is 3.44. The van der Waals surface area contributed by atoms with Crippen molar-refractivity contribution in [3.8, 4) is 0 Å². The molecule has 0 fully saturated rings. The third-order valence-electron chi connectivity index (χ3n) is 2.96. The van der Waals surface area contributed by atoms with E-state index in [2.05, 4.69) is 21.2 Å². The number of hydrogen-bond acceptors (Lipinski definition) is 2. The van der Waals surface area contributed by atoms with Crippen molar-refractivity contribution in [1.82, 2.24) is 0 Å². The summed E-state index contributed by atoms with van der Waals surface area (Å²) in [5.41, 5.74) is 1.43. The molecule has 2 aromatic rings. The highest BCUT2D eigenvalue weighted by molar-refractivity contribution is 9.10. The molecule has 0 saturated carbocycles. The summed E-state index contributed by atoms with van der Waals surface area (Å²) in [5.74, 6) is -0.582. The van der Waals surface area contributed by atoms with Crippen molar-refractivity contribution in [2.24, 2.45) is 0 Å². The molecule has 0 unspecified atom stereocenters. The zero-order valence-corrected chi connectivity index (χ0v) is 13.1. The zero-order chi connectivity index (χ0) is 15.2. The molecule has 0 heterocycles. The van der Waals surface area contributed by atoms with Crippen molar-refractivity contribution in [3.63, 3.8) is 0 Å². The Hall–Kier alpha value is -2.14. The Labute approximate surface area is 131 Å². The van der Waals surface area contributed by atoms with Crippen LogP contribution in [-0.4, -0.2) is 18.9 Å². The summed E-state index contributed by atoms with van der Waals surface area (Å²) in [6, 6.07) is 16.4. The minimum atomic E-state index is -0.329. The van der Waals surface area contributed by atoms with Gasteiger partial charge in [-0.05, 0) is 36.4 Å². The highest BCUT2D eigenvalue weighted by atomic mass is 79.9. The van der Waals surface area contributed by atoms with Crippen LogP contribution in [-0.2, 0) is 9.59 Å². The number of halogens is 1. The van der Waals surface area contributed by atoms with E-state index in [1.165, 1.54) is 4.90 Å². The van der Waals surface area contributed by atoms with Crippen LogP contribution in [0.1, 0.15) is 6.42 Å². The van der Waals surface area contributed by atoms with Gasteiger partial charge in [0.1, 0.15) is 6.42 Å². The molecular weight excluding hydrogens is 332 g/mol. The Morgan fingerprint density at radius 3 is 2.29 bits per heavy atom. The Morgan fingerprint density at radius 1 is 1.05 bits per heavy atom. The fourth-order valence-corrected chi connectivity index (χ4v) is 2.05. The summed E-state index contributed by atoms with van der Waals surface area (Å²) in [6.45, 7) is 0. The van der Waals surface area contributed by atoms with E-state index in [1.807, 2.05) is 42.5 Å². The second-order valence-electron chi connectivity index (χ2n) is 4.52. The van der Waals surface area contributed by atoms with Gasteiger partial charge in [0, 0.05) is 22.9 Å². The standard InChI is InChI=1S/C16H15BrN2O2/c1-19(14-5-3-2-4-6-14)16(21)11-15(20)18-13-9-7-12(17)8-10-13/h2-10H,11H2,1H3,(H,18,20). The maximum absolute atomic E-state index is 12.1. The minimum Gasteiger partial charge on any atom is -0.326 e. The Morgan fingerprint density at radius 2 is 1.67 bits per heavy atom. The third-order valence-corrected chi connectivity index (χ3v) is 3.49. The lowest BCUT2D eigenvalue weighted by Crippen LogP contribution is -2.30. The van der Waals surface area contributed by atoms with Gasteiger partial charge in [0.25, 0.3) is 0 Å². The first-order valence-corrected chi connectivity index (χ1v) is 7.22. The van der Waals surface area contributed by atoms with E-state index in [0.29, 0.717) is 5.69 Å². The molecule has 108 valence electrons. The summed E-state index contributed by atoms with van der Waals surface area (Å²) in [5, 5.41) is 2.70. The van der Waals surface area contributed by atoms with Crippen LogP contribution in [0.3, 0.4) is 0 Å². The number of nitrogens with one attached hydrogen (secondary N) is 1. The molecule has 0 aliphatic carbocycles. The Kier molecular flexibility index (Phi) is 5.11. The Bertz CT molecular complexity index is 626. The highest BCUT2D eigenvalue weighted by Gasteiger charge is 2.15. The number of nitrogens with zero attached hydrogens (tertiary/aromatic N) is 1. The van der Waals surface area contributed by atoms with Crippen molar-refractivity contribution in [2.75, 3.05) is 17.3 Å². The quantitative estimate of drug-likeness (QED) is 0.862. The van der Waals surface area contributed by atoms with Gasteiger partial charge in [0.2, 0.25) is 11.8 Å². The average Bonchev–Trinajstić information content (AvgIpc) is 2.49. The van der Waals surface area contributed by atoms with Crippen LogP contribution >= 0.6 is 15.9 Å². The van der Waals surface area contributed by atoms with Gasteiger partial charge < -0.3 is 10.2 Å². The van der Waals surface area contributed by atoms with Crippen LogP contribution in [0.2, 0.25) is 0 Å². The largest absolute Gasteiger partial charge is 0.326 e. The first-order chi connectivity index (χ1) is 10.1. The monoisotopic (exact) mass is 346 g/mol. The van der Waals surface area contributed by atoms with Gasteiger partial charge in [0.15, 0.2) is 0 Å². The van der Waals surface area contributed by atoms with Crippen molar-refractivity contribution in [2.45, 2.75) is 6.42 Å². The second kappa shape index (κ2) is 7.04. The van der Waals surface area contributed by atoms with E-state index in [4.69, 9.17) is 0 Å². The fourth-order valence-electron chi connectivity index (χ4n) is 1.79. The lowest BCUT2D eigenvalue weighted by atomic mass is 10.2. The molecule has 0 aliphatic heterocycles. The fraction of sp³-hybridized carbons (Fsp3) is 0.125. The predicted molar refractivity (Wildman–Crippen MR) is 87.2 cm³/mol. The third kappa shape index (κ3) is 4.43. The van der Waals surface area contributed by atoms with Crippen molar-refractivity contribution < 1.29 is 9.59 Å². The zero-order valence-electron chi connectivity index (χ0n) is 11.5. The molecule has 2 rings (SSSR count). The number of hydrogen-bond donors (Lipinski definition) is 1.